The number of carbonyl (C=O) groups excluding carboxylic acids is 2. The Hall–Kier alpha value is -1.15. The van der Waals surface area contributed by atoms with Gasteiger partial charge < -0.3 is 20.0 Å². The third-order valence-electron chi connectivity index (χ3n) is 8.47. The van der Waals surface area contributed by atoms with Crippen LogP contribution >= 0.6 is 7.82 Å². The molecule has 4 rings (SSSR count). The van der Waals surface area contributed by atoms with Crippen LogP contribution in [0.1, 0.15) is 46.0 Å². The summed E-state index contributed by atoms with van der Waals surface area (Å²) in [5.74, 6) is -0.888. The molecule has 7 atom stereocenters. The van der Waals surface area contributed by atoms with Gasteiger partial charge in [0.15, 0.2) is 11.6 Å². The summed E-state index contributed by atoms with van der Waals surface area (Å²) in [7, 11) is -4.84. The number of Topliss-reactive ketones (excluding diaryl/α,β-unsaturated/α-hetero) is 1. The molecule has 0 heterocycles. The van der Waals surface area contributed by atoms with Gasteiger partial charge in [-0.3, -0.25) is 14.1 Å². The molecule has 3 fully saturated rings. The molecule has 0 bridgehead atoms. The molecule has 30 heavy (non-hydrogen) atoms. The van der Waals surface area contributed by atoms with Gasteiger partial charge in [-0.15, -0.1) is 0 Å². The number of phosphoric ester groups is 1. The Labute approximate surface area is 175 Å². The molecular weight excluding hydrogens is 411 g/mol. The first kappa shape index (κ1) is 22.1. The van der Waals surface area contributed by atoms with E-state index < -0.39 is 42.7 Å². The van der Waals surface area contributed by atoms with Crippen LogP contribution in [0.2, 0.25) is 0 Å². The fourth-order valence-electron chi connectivity index (χ4n) is 7.05. The lowest BCUT2D eigenvalue weighted by atomic mass is 9.46. The lowest BCUT2D eigenvalue weighted by molar-refractivity contribution is -0.178. The Morgan fingerprint density at radius 3 is 2.67 bits per heavy atom. The summed E-state index contributed by atoms with van der Waals surface area (Å²) < 4.78 is 15.4. The smallest absolute Gasteiger partial charge is 0.393 e. The average Bonchev–Trinajstić information content (AvgIpc) is 2.91. The van der Waals surface area contributed by atoms with Crippen molar-refractivity contribution in [2.45, 2.75) is 57.7 Å². The first-order valence-corrected chi connectivity index (χ1v) is 11.9. The van der Waals surface area contributed by atoms with Gasteiger partial charge in [0.1, 0.15) is 12.2 Å². The lowest BCUT2D eigenvalue weighted by Crippen LogP contribution is -2.61. The van der Waals surface area contributed by atoms with E-state index in [4.69, 9.17) is 9.79 Å². The van der Waals surface area contributed by atoms with E-state index in [-0.39, 0.29) is 36.4 Å². The van der Waals surface area contributed by atoms with Crippen LogP contribution in [0.25, 0.3) is 0 Å². The number of allylic oxidation sites excluding steroid dienone is 4. The minimum absolute atomic E-state index is 0.0284. The van der Waals surface area contributed by atoms with Crippen LogP contribution in [0, 0.1) is 28.6 Å². The average molecular weight is 440 g/mol. The fourth-order valence-corrected chi connectivity index (χ4v) is 7.34. The topological polar surface area (TPSA) is 141 Å². The normalized spacial score (nSPS) is 45.4. The van der Waals surface area contributed by atoms with Crippen LogP contribution in [0.15, 0.2) is 23.8 Å². The molecule has 0 aromatic carbocycles. The van der Waals surface area contributed by atoms with Gasteiger partial charge in [-0.1, -0.05) is 25.5 Å². The summed E-state index contributed by atoms with van der Waals surface area (Å²) in [6.07, 6.45) is 6.76. The number of aliphatic hydroxyl groups is 2. The molecule has 4 N–H and O–H groups in total. The minimum atomic E-state index is -4.84. The molecule has 0 aliphatic heterocycles. The highest BCUT2D eigenvalue weighted by molar-refractivity contribution is 7.46. The number of aliphatic hydroxyl groups excluding tert-OH is 1. The van der Waals surface area contributed by atoms with E-state index in [0.717, 1.165) is 18.4 Å². The number of carbonyl (C=O) groups is 2. The predicted octanol–water partition coefficient (Wildman–Crippen LogP) is 1.67. The Bertz CT molecular complexity index is 889. The fraction of sp³-hybridized carbons (Fsp3) is 0.714. The molecule has 0 aromatic rings. The van der Waals surface area contributed by atoms with Crippen LogP contribution in [-0.2, 0) is 18.7 Å². The zero-order valence-corrected chi connectivity index (χ0v) is 18.0. The summed E-state index contributed by atoms with van der Waals surface area (Å²) in [6.45, 7) is 2.97. The number of hydrogen-bond acceptors (Lipinski definition) is 6. The zero-order valence-electron chi connectivity index (χ0n) is 17.2. The van der Waals surface area contributed by atoms with Gasteiger partial charge in [0, 0.05) is 16.7 Å². The zero-order chi connectivity index (χ0) is 22.1. The Morgan fingerprint density at radius 2 is 2.00 bits per heavy atom. The summed E-state index contributed by atoms with van der Waals surface area (Å²) in [4.78, 5) is 42.5. The molecule has 9 heteroatoms. The number of phosphoric acid groups is 1. The highest BCUT2D eigenvalue weighted by Crippen LogP contribution is 2.67. The van der Waals surface area contributed by atoms with Crippen molar-refractivity contribution in [3.8, 4) is 0 Å². The molecule has 166 valence electrons. The molecule has 0 amide bonds. The van der Waals surface area contributed by atoms with Crippen molar-refractivity contribution in [1.29, 1.82) is 0 Å². The van der Waals surface area contributed by atoms with Crippen molar-refractivity contribution in [3.63, 3.8) is 0 Å². The molecule has 0 unspecified atom stereocenters. The van der Waals surface area contributed by atoms with Crippen molar-refractivity contribution < 1.29 is 38.7 Å². The molecule has 4 aliphatic rings. The van der Waals surface area contributed by atoms with Gasteiger partial charge in [-0.2, -0.15) is 0 Å². The Morgan fingerprint density at radius 1 is 1.30 bits per heavy atom. The SMILES string of the molecule is C[C@]12C=CC(=O)C=C1CC[C@H]1[C@H]2[C@H](O)C[C@@]2(C)[C@@H]1CC[C@@]2(O)C(=O)COP(=O)(O)O. The molecule has 4 aliphatic carbocycles. The van der Waals surface area contributed by atoms with E-state index in [0.29, 0.717) is 6.42 Å². The molecule has 3 saturated carbocycles. The van der Waals surface area contributed by atoms with Crippen LogP contribution < -0.4 is 0 Å². The number of ketones is 2. The summed E-state index contributed by atoms with van der Waals surface area (Å²) in [6, 6.07) is 0. The molecule has 0 spiro atoms. The second kappa shape index (κ2) is 6.92. The maximum Gasteiger partial charge on any atom is 0.470 e. The maximum atomic E-state index is 12.8. The van der Waals surface area contributed by atoms with Crippen molar-refractivity contribution in [2.24, 2.45) is 28.6 Å². The summed E-state index contributed by atoms with van der Waals surface area (Å²) in [5.41, 5.74) is -2.15. The van der Waals surface area contributed by atoms with E-state index in [1.165, 1.54) is 0 Å². The summed E-state index contributed by atoms with van der Waals surface area (Å²) >= 11 is 0. The number of rotatable bonds is 4. The van der Waals surface area contributed by atoms with Gasteiger partial charge in [0.25, 0.3) is 0 Å². The molecule has 0 aromatic heterocycles. The quantitative estimate of drug-likeness (QED) is 0.484. The molecule has 0 saturated heterocycles. The van der Waals surface area contributed by atoms with E-state index in [1.54, 1.807) is 19.1 Å². The third-order valence-corrected chi connectivity index (χ3v) is 8.94. The Kier molecular flexibility index (Phi) is 5.09. The van der Waals surface area contributed by atoms with Gasteiger partial charge in [0.2, 0.25) is 0 Å². The van der Waals surface area contributed by atoms with Crippen molar-refractivity contribution in [1.82, 2.24) is 0 Å². The van der Waals surface area contributed by atoms with Gasteiger partial charge in [-0.05, 0) is 56.1 Å². The first-order valence-electron chi connectivity index (χ1n) is 10.4. The van der Waals surface area contributed by atoms with Crippen molar-refractivity contribution in [2.75, 3.05) is 6.61 Å². The maximum absolute atomic E-state index is 12.8. The van der Waals surface area contributed by atoms with Gasteiger partial charge >= 0.3 is 7.82 Å². The number of hydrogen-bond donors (Lipinski definition) is 4. The highest BCUT2D eigenvalue weighted by Gasteiger charge is 2.68. The monoisotopic (exact) mass is 440 g/mol. The van der Waals surface area contributed by atoms with Crippen LogP contribution in [0.5, 0.6) is 0 Å². The second-order valence-electron chi connectivity index (χ2n) is 9.80. The highest BCUT2D eigenvalue weighted by atomic mass is 31.2. The largest absolute Gasteiger partial charge is 0.470 e. The minimum Gasteiger partial charge on any atom is -0.393 e. The van der Waals surface area contributed by atoms with Crippen LogP contribution in [0.4, 0.5) is 0 Å². The third kappa shape index (κ3) is 3.12. The molecule has 8 nitrogen and oxygen atoms in total. The van der Waals surface area contributed by atoms with Crippen LogP contribution in [-0.4, -0.2) is 49.9 Å². The van der Waals surface area contributed by atoms with Gasteiger partial charge in [0.05, 0.1) is 6.10 Å². The van der Waals surface area contributed by atoms with E-state index in [2.05, 4.69) is 4.52 Å². The van der Waals surface area contributed by atoms with Crippen molar-refractivity contribution in [3.05, 3.63) is 23.8 Å². The molecule has 0 radical (unpaired) electrons. The second-order valence-corrected chi connectivity index (χ2v) is 11.0. The van der Waals surface area contributed by atoms with Crippen molar-refractivity contribution >= 4 is 19.4 Å². The first-order chi connectivity index (χ1) is 13.8. The van der Waals surface area contributed by atoms with Gasteiger partial charge in [-0.25, -0.2) is 4.57 Å². The molecular formula is C21H29O8P. The predicted molar refractivity (Wildman–Crippen MR) is 106 cm³/mol. The lowest BCUT2D eigenvalue weighted by Gasteiger charge is -2.59. The standard InChI is InChI=1S/C21H29O8P/c1-19-7-5-13(22)9-12(19)3-4-14-15-6-8-21(25,17(24)11-29-30(26,27)28)20(15,2)10-16(23)18(14)19/h5,7,9,14-16,18,23,25H,3-4,6,8,10-11H2,1-2H3,(H2,26,27,28)/t14-,15-,16-,18+,19+,20+,21-/m1/s1. The summed E-state index contributed by atoms with van der Waals surface area (Å²) in [5, 5.41) is 22.6. The van der Waals surface area contributed by atoms with Crippen LogP contribution in [0.3, 0.4) is 0 Å². The Balaban J connectivity index is 1.65. The number of fused-ring (bicyclic) bond motifs is 5. The van der Waals surface area contributed by atoms with E-state index in [9.17, 15) is 24.4 Å². The van der Waals surface area contributed by atoms with E-state index in [1.807, 2.05) is 13.0 Å². The van der Waals surface area contributed by atoms with E-state index >= 15 is 0 Å².